The smallest absolute Gasteiger partial charge is 0.277 e. The number of anilines is 1. The van der Waals surface area contributed by atoms with E-state index in [-0.39, 0.29) is 5.91 Å². The summed E-state index contributed by atoms with van der Waals surface area (Å²) in [5, 5.41) is 11.0. The van der Waals surface area contributed by atoms with Gasteiger partial charge in [0.15, 0.2) is 0 Å². The largest absolute Gasteiger partial charge is 0.497 e. The van der Waals surface area contributed by atoms with Crippen molar-refractivity contribution in [2.24, 2.45) is 0 Å². The van der Waals surface area contributed by atoms with Crippen LogP contribution in [0, 0.1) is 0 Å². The van der Waals surface area contributed by atoms with Gasteiger partial charge in [-0.3, -0.25) is 4.79 Å². The Kier molecular flexibility index (Phi) is 7.26. The standard InChI is InChI=1S/C25H23N3O4S/c1-3-31-21-12-8-7-11-20(21)26-23(29)22(17-9-5-4-6-10-17)33-25-28-27-24(32-25)18-13-15-19(30-2)16-14-18/h4-16,22H,3H2,1-2H3,(H,26,29). The molecule has 0 saturated heterocycles. The third-order valence-electron chi connectivity index (χ3n) is 4.75. The lowest BCUT2D eigenvalue weighted by Gasteiger charge is -2.17. The molecule has 1 unspecified atom stereocenters. The molecule has 8 heteroatoms. The zero-order valence-corrected chi connectivity index (χ0v) is 19.0. The number of rotatable bonds is 9. The number of carbonyl (C=O) groups excluding carboxylic acids is 1. The van der Waals surface area contributed by atoms with Gasteiger partial charge in [-0.1, -0.05) is 42.5 Å². The highest BCUT2D eigenvalue weighted by Crippen LogP contribution is 2.37. The first-order valence-electron chi connectivity index (χ1n) is 10.4. The molecule has 168 valence electrons. The van der Waals surface area contributed by atoms with Crippen molar-refractivity contribution in [3.05, 3.63) is 84.4 Å². The van der Waals surface area contributed by atoms with Crippen molar-refractivity contribution in [2.45, 2.75) is 17.4 Å². The van der Waals surface area contributed by atoms with Crippen LogP contribution < -0.4 is 14.8 Å². The molecule has 1 aromatic heterocycles. The van der Waals surface area contributed by atoms with Crippen LogP contribution in [0.3, 0.4) is 0 Å². The second-order valence-electron chi connectivity index (χ2n) is 6.93. The summed E-state index contributed by atoms with van der Waals surface area (Å²) in [4.78, 5) is 13.3. The Labute approximate surface area is 196 Å². The van der Waals surface area contributed by atoms with Gasteiger partial charge in [-0.25, -0.2) is 0 Å². The van der Waals surface area contributed by atoms with E-state index >= 15 is 0 Å². The molecule has 1 heterocycles. The molecular weight excluding hydrogens is 438 g/mol. The van der Waals surface area contributed by atoms with E-state index < -0.39 is 5.25 Å². The molecule has 1 amide bonds. The van der Waals surface area contributed by atoms with Crippen LogP contribution in [0.5, 0.6) is 11.5 Å². The quantitative estimate of drug-likeness (QED) is 0.324. The number of ether oxygens (including phenoxy) is 2. The topological polar surface area (TPSA) is 86.5 Å². The zero-order valence-electron chi connectivity index (χ0n) is 18.2. The molecule has 0 spiro atoms. The summed E-state index contributed by atoms with van der Waals surface area (Å²) < 4.78 is 16.7. The van der Waals surface area contributed by atoms with Gasteiger partial charge in [0.25, 0.3) is 5.22 Å². The van der Waals surface area contributed by atoms with Crippen LogP contribution in [0.2, 0.25) is 0 Å². The molecule has 4 rings (SSSR count). The van der Waals surface area contributed by atoms with Crippen molar-refractivity contribution in [1.29, 1.82) is 0 Å². The minimum absolute atomic E-state index is 0.220. The van der Waals surface area contributed by atoms with E-state index in [1.54, 1.807) is 7.11 Å². The lowest BCUT2D eigenvalue weighted by atomic mass is 10.1. The van der Waals surface area contributed by atoms with E-state index in [2.05, 4.69) is 15.5 Å². The van der Waals surface area contributed by atoms with E-state index in [1.807, 2.05) is 85.8 Å². The van der Waals surface area contributed by atoms with Crippen molar-refractivity contribution in [1.82, 2.24) is 10.2 Å². The van der Waals surface area contributed by atoms with Crippen LogP contribution in [0.25, 0.3) is 11.5 Å². The molecule has 33 heavy (non-hydrogen) atoms. The molecule has 1 atom stereocenters. The number of hydrogen-bond donors (Lipinski definition) is 1. The van der Waals surface area contributed by atoms with E-state index in [4.69, 9.17) is 13.9 Å². The van der Waals surface area contributed by atoms with E-state index in [9.17, 15) is 4.79 Å². The second-order valence-corrected chi connectivity index (χ2v) is 7.98. The van der Waals surface area contributed by atoms with E-state index in [0.717, 1.165) is 16.9 Å². The van der Waals surface area contributed by atoms with Gasteiger partial charge in [0.05, 0.1) is 19.4 Å². The number of methoxy groups -OCH3 is 1. The molecule has 3 aromatic carbocycles. The summed E-state index contributed by atoms with van der Waals surface area (Å²) in [6.07, 6.45) is 0. The van der Waals surface area contributed by atoms with Gasteiger partial charge >= 0.3 is 0 Å². The number of aromatic nitrogens is 2. The fraction of sp³-hybridized carbons (Fsp3) is 0.160. The van der Waals surface area contributed by atoms with Crippen LogP contribution in [0.15, 0.2) is 88.5 Å². The Morgan fingerprint density at radius 3 is 2.45 bits per heavy atom. The van der Waals surface area contributed by atoms with Gasteiger partial charge in [-0.2, -0.15) is 0 Å². The highest BCUT2D eigenvalue weighted by Gasteiger charge is 2.26. The highest BCUT2D eigenvalue weighted by molar-refractivity contribution is 8.00. The summed E-state index contributed by atoms with van der Waals surface area (Å²) >= 11 is 1.19. The summed E-state index contributed by atoms with van der Waals surface area (Å²) in [7, 11) is 1.61. The predicted molar refractivity (Wildman–Crippen MR) is 128 cm³/mol. The first kappa shape index (κ1) is 22.4. The Balaban J connectivity index is 1.57. The molecule has 4 aromatic rings. The normalized spacial score (nSPS) is 11.6. The molecule has 0 aliphatic heterocycles. The van der Waals surface area contributed by atoms with E-state index in [1.165, 1.54) is 11.8 Å². The highest BCUT2D eigenvalue weighted by atomic mass is 32.2. The predicted octanol–water partition coefficient (Wildman–Crippen LogP) is 5.62. The Morgan fingerprint density at radius 1 is 1.00 bits per heavy atom. The Bertz CT molecular complexity index is 1200. The molecule has 0 bridgehead atoms. The summed E-state index contributed by atoms with van der Waals surface area (Å²) in [6, 6.07) is 24.1. The van der Waals surface area contributed by atoms with Crippen LogP contribution in [-0.4, -0.2) is 29.8 Å². The van der Waals surface area contributed by atoms with Gasteiger partial charge in [-0.05, 0) is 60.6 Å². The maximum absolute atomic E-state index is 13.3. The van der Waals surface area contributed by atoms with Gasteiger partial charge in [0.2, 0.25) is 11.8 Å². The Morgan fingerprint density at radius 2 is 1.73 bits per heavy atom. The van der Waals surface area contributed by atoms with Gasteiger partial charge in [0, 0.05) is 5.56 Å². The minimum Gasteiger partial charge on any atom is -0.497 e. The number of nitrogens with zero attached hydrogens (tertiary/aromatic N) is 2. The number of amides is 1. The average Bonchev–Trinajstić information content (AvgIpc) is 3.33. The van der Waals surface area contributed by atoms with Gasteiger partial charge in [-0.15, -0.1) is 10.2 Å². The SMILES string of the molecule is CCOc1ccccc1NC(=O)C(Sc1nnc(-c2ccc(OC)cc2)o1)c1ccccc1. The monoisotopic (exact) mass is 461 g/mol. The molecule has 0 fully saturated rings. The third-order valence-corrected chi connectivity index (χ3v) is 5.84. The summed E-state index contributed by atoms with van der Waals surface area (Å²) in [5.41, 5.74) is 2.19. The number of benzene rings is 3. The van der Waals surface area contributed by atoms with Crippen molar-refractivity contribution in [3.8, 4) is 23.0 Å². The van der Waals surface area contributed by atoms with Gasteiger partial charge < -0.3 is 19.2 Å². The molecular formula is C25H23N3O4S. The number of nitrogens with one attached hydrogen (secondary N) is 1. The summed E-state index contributed by atoms with van der Waals surface area (Å²) in [5.74, 6) is 1.50. The first-order valence-corrected chi connectivity index (χ1v) is 11.3. The maximum Gasteiger partial charge on any atom is 0.277 e. The van der Waals surface area contributed by atoms with Crippen molar-refractivity contribution in [2.75, 3.05) is 19.0 Å². The fourth-order valence-corrected chi connectivity index (χ4v) is 4.03. The van der Waals surface area contributed by atoms with Gasteiger partial charge in [0.1, 0.15) is 16.7 Å². The lowest BCUT2D eigenvalue weighted by molar-refractivity contribution is -0.115. The molecule has 0 aliphatic rings. The van der Waals surface area contributed by atoms with Crippen molar-refractivity contribution >= 4 is 23.4 Å². The molecule has 0 saturated carbocycles. The molecule has 7 nitrogen and oxygen atoms in total. The second kappa shape index (κ2) is 10.7. The van der Waals surface area contributed by atoms with Crippen LogP contribution in [0.4, 0.5) is 5.69 Å². The average molecular weight is 462 g/mol. The minimum atomic E-state index is -0.606. The van der Waals surface area contributed by atoms with Crippen LogP contribution in [-0.2, 0) is 4.79 Å². The molecule has 0 radical (unpaired) electrons. The fourth-order valence-electron chi connectivity index (χ4n) is 3.16. The maximum atomic E-state index is 13.3. The first-order chi connectivity index (χ1) is 16.2. The number of hydrogen-bond acceptors (Lipinski definition) is 7. The lowest BCUT2D eigenvalue weighted by Crippen LogP contribution is -2.19. The van der Waals surface area contributed by atoms with Crippen molar-refractivity contribution < 1.29 is 18.7 Å². The zero-order chi connectivity index (χ0) is 23.0. The van der Waals surface area contributed by atoms with E-state index in [0.29, 0.717) is 29.2 Å². The van der Waals surface area contributed by atoms with Crippen LogP contribution in [0.1, 0.15) is 17.7 Å². The number of carbonyl (C=O) groups is 1. The third kappa shape index (κ3) is 5.53. The van der Waals surface area contributed by atoms with Crippen LogP contribution >= 0.6 is 11.8 Å². The molecule has 1 N–H and O–H groups in total. The van der Waals surface area contributed by atoms with Crippen molar-refractivity contribution in [3.63, 3.8) is 0 Å². The summed E-state index contributed by atoms with van der Waals surface area (Å²) in [6.45, 7) is 2.40. The molecule has 0 aliphatic carbocycles. The number of para-hydroxylation sites is 2. The Hall–Kier alpha value is -3.78. The number of thioether (sulfide) groups is 1.